The first-order chi connectivity index (χ1) is 3.91. The zero-order valence-electron chi connectivity index (χ0n) is 4.85. The Bertz CT molecular complexity index is 79.1. The fourth-order valence-electron chi connectivity index (χ4n) is 0.340. The molecule has 0 unspecified atom stereocenters. The van der Waals surface area contributed by atoms with Crippen LogP contribution in [0.4, 0.5) is 0 Å². The zero-order chi connectivity index (χ0) is 6.24. The van der Waals surface area contributed by atoms with Crippen LogP contribution in [0.5, 0.6) is 0 Å². The molecule has 0 fully saturated rings. The Kier molecular flexibility index (Phi) is 15.7. The first-order valence-corrected chi connectivity index (χ1v) is 3.32. The molecule has 0 aromatic carbocycles. The van der Waals surface area contributed by atoms with Crippen molar-refractivity contribution in [2.75, 3.05) is 5.34 Å². The Morgan fingerprint density at radius 1 is 1.44 bits per heavy atom. The van der Waals surface area contributed by atoms with Crippen LogP contribution in [-0.2, 0) is 18.6 Å². The third-order valence-electron chi connectivity index (χ3n) is 0.586. The van der Waals surface area contributed by atoms with Crippen LogP contribution in [0.3, 0.4) is 0 Å². The number of hydrogen-bond acceptors (Lipinski definition) is 0. The maximum absolute atomic E-state index is 4.76. The molecule has 0 N–H and O–H groups in total. The minimum absolute atomic E-state index is 0. The number of allylic oxidation sites excluding steroid dienone is 4. The second-order valence-corrected chi connectivity index (χ2v) is 1.91. The number of alkyl halides is 2. The molecule has 0 aliphatic heterocycles. The first-order valence-electron chi connectivity index (χ1n) is 2.25. The Morgan fingerprint density at radius 2 is 2.00 bits per heavy atom. The molecular formula is C6H7Cl2V-. The van der Waals surface area contributed by atoms with Crippen LogP contribution in [0.1, 0.15) is 6.42 Å². The van der Waals surface area contributed by atoms with Gasteiger partial charge in [0.15, 0.2) is 0 Å². The SMILES string of the molecule is ClCCl.[C-]1=CC=CC1.[V]. The minimum Gasteiger partial charge on any atom is -0.273 e. The normalized spacial score (nSPS) is 11.8. The molecule has 9 heavy (non-hydrogen) atoms. The van der Waals surface area contributed by atoms with E-state index in [-0.39, 0.29) is 23.9 Å². The van der Waals surface area contributed by atoms with Crippen molar-refractivity contribution in [3.8, 4) is 0 Å². The van der Waals surface area contributed by atoms with Crippen molar-refractivity contribution in [2.24, 2.45) is 0 Å². The topological polar surface area (TPSA) is 0 Å². The van der Waals surface area contributed by atoms with Gasteiger partial charge >= 0.3 is 0 Å². The van der Waals surface area contributed by atoms with E-state index in [1.807, 2.05) is 12.2 Å². The molecule has 0 saturated heterocycles. The fraction of sp³-hybridized carbons (Fsp3) is 0.333. The third kappa shape index (κ3) is 12.0. The summed E-state index contributed by atoms with van der Waals surface area (Å²) in [5.41, 5.74) is 0. The van der Waals surface area contributed by atoms with E-state index < -0.39 is 0 Å². The molecule has 0 nitrogen and oxygen atoms in total. The Balaban J connectivity index is 0. The smallest absolute Gasteiger partial charge is 0.0967 e. The van der Waals surface area contributed by atoms with Crippen LogP contribution < -0.4 is 0 Å². The van der Waals surface area contributed by atoms with Gasteiger partial charge in [0.1, 0.15) is 0 Å². The van der Waals surface area contributed by atoms with Crippen molar-refractivity contribution in [3.05, 3.63) is 24.3 Å². The molecule has 0 heterocycles. The summed E-state index contributed by atoms with van der Waals surface area (Å²) < 4.78 is 0. The van der Waals surface area contributed by atoms with E-state index in [2.05, 4.69) is 12.2 Å². The fourth-order valence-corrected chi connectivity index (χ4v) is 0.340. The minimum atomic E-state index is 0. The van der Waals surface area contributed by atoms with Gasteiger partial charge in [-0.3, -0.25) is 6.08 Å². The average molecular weight is 201 g/mol. The molecule has 0 aromatic heterocycles. The first kappa shape index (κ1) is 12.3. The molecule has 51 valence electrons. The summed E-state index contributed by atoms with van der Waals surface area (Å²) in [6.07, 6.45) is 10.0. The van der Waals surface area contributed by atoms with Crippen molar-refractivity contribution in [2.45, 2.75) is 6.42 Å². The molecule has 0 bridgehead atoms. The monoisotopic (exact) mass is 200 g/mol. The quantitative estimate of drug-likeness (QED) is 0.417. The van der Waals surface area contributed by atoms with E-state index in [0.29, 0.717) is 0 Å². The Hall–Kier alpha value is 0.644. The van der Waals surface area contributed by atoms with Gasteiger partial charge in [0.2, 0.25) is 0 Å². The standard InChI is InChI=1S/C5H5.CH2Cl2.V/c1-2-4-5-3-1;2-1-3;/h1-3H,4H2;1H2;/q-1;;. The maximum atomic E-state index is 4.76. The molecule has 0 saturated carbocycles. The molecule has 0 amide bonds. The van der Waals surface area contributed by atoms with Crippen LogP contribution in [0, 0.1) is 6.08 Å². The number of hydrogen-bond donors (Lipinski definition) is 0. The predicted molar refractivity (Wildman–Crippen MR) is 38.1 cm³/mol. The molecule has 0 aromatic rings. The molecule has 3 heteroatoms. The van der Waals surface area contributed by atoms with E-state index in [9.17, 15) is 0 Å². The molecule has 1 radical (unpaired) electrons. The van der Waals surface area contributed by atoms with Gasteiger partial charge in [-0.15, -0.1) is 29.6 Å². The van der Waals surface area contributed by atoms with Gasteiger partial charge in [-0.05, 0) is 0 Å². The predicted octanol–water partition coefficient (Wildman–Crippen LogP) is 2.72. The van der Waals surface area contributed by atoms with Crippen molar-refractivity contribution < 1.29 is 18.6 Å². The molecule has 1 aliphatic carbocycles. The van der Waals surface area contributed by atoms with E-state index in [1.165, 1.54) is 0 Å². The van der Waals surface area contributed by atoms with E-state index in [0.717, 1.165) is 6.42 Å². The van der Waals surface area contributed by atoms with Crippen LogP contribution in [0.15, 0.2) is 18.2 Å². The molecular weight excluding hydrogens is 194 g/mol. The Labute approximate surface area is 77.8 Å². The van der Waals surface area contributed by atoms with Gasteiger partial charge < -0.3 is 0 Å². The van der Waals surface area contributed by atoms with Crippen LogP contribution in [0.2, 0.25) is 0 Å². The van der Waals surface area contributed by atoms with Crippen molar-refractivity contribution in [1.29, 1.82) is 0 Å². The summed E-state index contributed by atoms with van der Waals surface area (Å²) in [6.45, 7) is 0. The van der Waals surface area contributed by atoms with Crippen molar-refractivity contribution in [3.63, 3.8) is 0 Å². The molecule has 0 spiro atoms. The number of rotatable bonds is 0. The Morgan fingerprint density at radius 3 is 2.11 bits per heavy atom. The van der Waals surface area contributed by atoms with Gasteiger partial charge in [-0.25, -0.2) is 12.2 Å². The van der Waals surface area contributed by atoms with Crippen molar-refractivity contribution in [1.82, 2.24) is 0 Å². The maximum Gasteiger partial charge on any atom is 0.0967 e. The third-order valence-corrected chi connectivity index (χ3v) is 0.586. The average Bonchev–Trinajstić information content (AvgIpc) is 2.17. The van der Waals surface area contributed by atoms with Gasteiger partial charge in [-0.2, -0.15) is 6.08 Å². The second kappa shape index (κ2) is 11.4. The van der Waals surface area contributed by atoms with Crippen LogP contribution in [-0.4, -0.2) is 5.34 Å². The van der Waals surface area contributed by atoms with E-state index in [1.54, 1.807) is 0 Å². The molecule has 0 atom stereocenters. The summed E-state index contributed by atoms with van der Waals surface area (Å²) in [4.78, 5) is 0. The summed E-state index contributed by atoms with van der Waals surface area (Å²) in [5, 5.41) is 0.194. The largest absolute Gasteiger partial charge is 0.273 e. The van der Waals surface area contributed by atoms with Crippen LogP contribution >= 0.6 is 23.2 Å². The van der Waals surface area contributed by atoms with E-state index in [4.69, 9.17) is 23.2 Å². The summed E-state index contributed by atoms with van der Waals surface area (Å²) in [5.74, 6) is 0. The van der Waals surface area contributed by atoms with E-state index >= 15 is 0 Å². The van der Waals surface area contributed by atoms with Gasteiger partial charge in [0.25, 0.3) is 0 Å². The number of halogens is 2. The van der Waals surface area contributed by atoms with Crippen LogP contribution in [0.25, 0.3) is 0 Å². The summed E-state index contributed by atoms with van der Waals surface area (Å²) in [7, 11) is 0. The summed E-state index contributed by atoms with van der Waals surface area (Å²) in [6, 6.07) is 0. The van der Waals surface area contributed by atoms with Gasteiger partial charge in [0, 0.05) is 18.6 Å². The zero-order valence-corrected chi connectivity index (χ0v) is 7.76. The summed E-state index contributed by atoms with van der Waals surface area (Å²) >= 11 is 9.53. The van der Waals surface area contributed by atoms with Crippen molar-refractivity contribution >= 4 is 23.2 Å². The second-order valence-electron chi connectivity index (χ2n) is 1.10. The molecule has 1 rings (SSSR count). The van der Waals surface area contributed by atoms with Gasteiger partial charge in [0.05, 0.1) is 5.34 Å². The molecule has 1 aliphatic rings. The van der Waals surface area contributed by atoms with Gasteiger partial charge in [-0.1, -0.05) is 0 Å².